The molecule has 2 heteroatoms. The lowest BCUT2D eigenvalue weighted by molar-refractivity contribution is 0.827. The molecule has 0 aliphatic carbocycles. The summed E-state index contributed by atoms with van der Waals surface area (Å²) in [4.78, 5) is 0. The minimum atomic E-state index is 0.921. The molecule has 0 amide bonds. The molecule has 16 rings (SSSR count). The van der Waals surface area contributed by atoms with Gasteiger partial charge in [-0.15, -0.1) is 0 Å². The van der Waals surface area contributed by atoms with E-state index in [9.17, 15) is 0 Å². The van der Waals surface area contributed by atoms with Crippen molar-refractivity contribution in [3.8, 4) is 94.7 Å². The highest BCUT2D eigenvalue weighted by atomic mass is 15.0. The summed E-state index contributed by atoms with van der Waals surface area (Å²) in [5, 5.41) is 10.1. The maximum absolute atomic E-state index is 2.43. The minimum absolute atomic E-state index is 0.921. The van der Waals surface area contributed by atoms with Crippen molar-refractivity contribution in [2.24, 2.45) is 0 Å². The van der Waals surface area contributed by atoms with Crippen LogP contribution in [0.2, 0.25) is 0 Å². The highest BCUT2D eigenvalue weighted by Gasteiger charge is 2.19. The number of aromatic nitrogens is 2. The van der Waals surface area contributed by atoms with Crippen LogP contribution in [0.5, 0.6) is 0 Å². The summed E-state index contributed by atoms with van der Waals surface area (Å²) >= 11 is 0. The van der Waals surface area contributed by atoms with E-state index in [0.29, 0.717) is 0 Å². The van der Waals surface area contributed by atoms with Crippen LogP contribution in [-0.2, 0) is 6.54 Å². The Hall–Kier alpha value is -10.8. The van der Waals surface area contributed by atoms with Crippen LogP contribution < -0.4 is 0 Å². The Kier molecular flexibility index (Phi) is 11.9. The molecule has 0 unspecified atom stereocenters. The maximum Gasteiger partial charge on any atom is 0.0541 e. The van der Waals surface area contributed by atoms with Crippen LogP contribution in [-0.4, -0.2) is 9.13 Å². The summed E-state index contributed by atoms with van der Waals surface area (Å²) in [5.41, 5.74) is 25.6. The molecule has 84 heavy (non-hydrogen) atoms. The van der Waals surface area contributed by atoms with Crippen LogP contribution in [0.3, 0.4) is 0 Å². The van der Waals surface area contributed by atoms with E-state index < -0.39 is 0 Å². The molecule has 0 saturated heterocycles. The molecule has 0 saturated carbocycles. The molecule has 2 nitrogen and oxygen atoms in total. The van der Waals surface area contributed by atoms with Gasteiger partial charge in [-0.2, -0.15) is 0 Å². The van der Waals surface area contributed by atoms with E-state index in [1.165, 1.54) is 154 Å². The number of benzene rings is 14. The molecule has 16 aromatic rings. The van der Waals surface area contributed by atoms with Gasteiger partial charge in [0.25, 0.3) is 0 Å². The number of hydrogen-bond donors (Lipinski definition) is 0. The highest BCUT2D eigenvalue weighted by Crippen LogP contribution is 2.45. The Labute approximate surface area is 489 Å². The number of aryl methyl sites for hydroxylation is 1. The molecule has 0 aliphatic rings. The first kappa shape index (κ1) is 49.1. The number of fused-ring (bicyclic) bond motifs is 8. The Morgan fingerprint density at radius 2 is 0.440 bits per heavy atom. The Morgan fingerprint density at radius 3 is 0.762 bits per heavy atom. The van der Waals surface area contributed by atoms with E-state index in [0.717, 1.165) is 12.2 Å². The van der Waals surface area contributed by atoms with Crippen LogP contribution in [0.25, 0.3) is 160 Å². The molecule has 394 valence electrons. The minimum Gasteiger partial charge on any atom is -0.341 e. The molecule has 0 spiro atoms. The zero-order valence-corrected chi connectivity index (χ0v) is 46.5. The highest BCUT2D eigenvalue weighted by molar-refractivity contribution is 6.21. The second kappa shape index (κ2) is 20.3. The average molecular weight is 1070 g/mol. The van der Waals surface area contributed by atoms with E-state index in [4.69, 9.17) is 0 Å². The fourth-order valence-electron chi connectivity index (χ4n) is 13.4. The van der Waals surface area contributed by atoms with Crippen molar-refractivity contribution in [2.75, 3.05) is 0 Å². The molecule has 0 fully saturated rings. The van der Waals surface area contributed by atoms with Crippen molar-refractivity contribution in [3.63, 3.8) is 0 Å². The predicted octanol–water partition coefficient (Wildman–Crippen LogP) is 22.6. The van der Waals surface area contributed by atoms with Crippen molar-refractivity contribution >= 4 is 65.2 Å². The number of rotatable bonds is 10. The monoisotopic (exact) mass is 1070 g/mol. The van der Waals surface area contributed by atoms with E-state index in [1.54, 1.807) is 0 Å². The van der Waals surface area contributed by atoms with E-state index in [2.05, 4.69) is 325 Å². The molecule has 0 aliphatic heterocycles. The molecule has 14 aromatic carbocycles. The smallest absolute Gasteiger partial charge is 0.0541 e. The van der Waals surface area contributed by atoms with Gasteiger partial charge in [-0.05, 0) is 178 Å². The van der Waals surface area contributed by atoms with Crippen LogP contribution in [0.15, 0.2) is 309 Å². The number of para-hydroxylation sites is 1. The van der Waals surface area contributed by atoms with Gasteiger partial charge in [0.15, 0.2) is 0 Å². The average Bonchev–Trinajstić information content (AvgIpc) is 2.50. The third-order valence-electron chi connectivity index (χ3n) is 17.6. The molecule has 0 atom stereocenters. The quantitative estimate of drug-likeness (QED) is 0.121. The van der Waals surface area contributed by atoms with Crippen molar-refractivity contribution in [2.45, 2.75) is 13.5 Å². The molecule has 2 aromatic heterocycles. The normalized spacial score (nSPS) is 11.7. The lowest BCUT2D eigenvalue weighted by atomic mass is 9.85. The molecular weight excluding hydrogens is 1010 g/mol. The lowest BCUT2D eigenvalue weighted by Crippen LogP contribution is -1.93. The largest absolute Gasteiger partial charge is 0.341 e. The SMILES string of the molecule is CCn1c2ccc(-c3ccccc3)cc2c2cc(-c3ccc(-c4ccc(-c5c6ccccc6c(-c6ccc(-c7ccc(-c8ccc9c(c8)c8cc(-c%10ccccc%10)ccc8n9-c8ccccc8)cc7)cc6)c6ccccc56)cc4)cc3)ccc21. The van der Waals surface area contributed by atoms with Crippen LogP contribution >= 0.6 is 0 Å². The van der Waals surface area contributed by atoms with Gasteiger partial charge >= 0.3 is 0 Å². The standard InChI is InChI=1S/C82H56N2/c1-2-83-77-46-42-64(54-16-6-3-7-17-54)50-73(77)74-51-66(43-47-78(74)83)60-30-26-56(27-31-60)58-34-38-62(39-35-58)81-69-22-12-14-24-71(69)82(72-25-15-13-23-70(72)81)63-40-36-59(37-41-63)57-28-32-61(33-29-57)67-45-49-80-76(53-67)75-52-65(55-18-8-4-9-19-55)44-48-79(75)84(80)68-20-10-5-11-21-68/h3-53H,2H2,1H3. The number of hydrogen-bond acceptors (Lipinski definition) is 0. The van der Waals surface area contributed by atoms with Crippen LogP contribution in [0, 0.1) is 0 Å². The first-order valence-corrected chi connectivity index (χ1v) is 29.3. The van der Waals surface area contributed by atoms with Crippen molar-refractivity contribution in [1.82, 2.24) is 9.13 Å². The predicted molar refractivity (Wildman–Crippen MR) is 358 cm³/mol. The van der Waals surface area contributed by atoms with Gasteiger partial charge in [-0.1, -0.05) is 249 Å². The van der Waals surface area contributed by atoms with Crippen LogP contribution in [0.1, 0.15) is 6.92 Å². The first-order chi connectivity index (χ1) is 41.6. The van der Waals surface area contributed by atoms with Gasteiger partial charge in [0.05, 0.1) is 11.0 Å². The Morgan fingerprint density at radius 1 is 0.202 bits per heavy atom. The van der Waals surface area contributed by atoms with Gasteiger partial charge in [-0.3, -0.25) is 0 Å². The Balaban J connectivity index is 0.684. The summed E-state index contributed by atoms with van der Waals surface area (Å²) in [5.74, 6) is 0. The van der Waals surface area contributed by atoms with Gasteiger partial charge in [0.1, 0.15) is 0 Å². The molecule has 0 radical (unpaired) electrons. The van der Waals surface area contributed by atoms with Gasteiger partial charge in [-0.25, -0.2) is 0 Å². The maximum atomic E-state index is 2.43. The van der Waals surface area contributed by atoms with Gasteiger partial charge in [0.2, 0.25) is 0 Å². The van der Waals surface area contributed by atoms with Crippen molar-refractivity contribution in [3.05, 3.63) is 309 Å². The molecule has 0 bridgehead atoms. The van der Waals surface area contributed by atoms with Crippen molar-refractivity contribution < 1.29 is 0 Å². The second-order valence-corrected chi connectivity index (χ2v) is 22.2. The lowest BCUT2D eigenvalue weighted by Gasteiger charge is -2.18. The third-order valence-corrected chi connectivity index (χ3v) is 17.6. The first-order valence-electron chi connectivity index (χ1n) is 29.3. The van der Waals surface area contributed by atoms with Crippen LogP contribution in [0.4, 0.5) is 0 Å². The zero-order valence-electron chi connectivity index (χ0n) is 46.5. The topological polar surface area (TPSA) is 9.86 Å². The fraction of sp³-hybridized carbons (Fsp3) is 0.0244. The summed E-state index contributed by atoms with van der Waals surface area (Å²) in [6.07, 6.45) is 0. The summed E-state index contributed by atoms with van der Waals surface area (Å²) in [6.45, 7) is 3.16. The summed E-state index contributed by atoms with van der Waals surface area (Å²) in [6, 6.07) is 114. The summed E-state index contributed by atoms with van der Waals surface area (Å²) in [7, 11) is 0. The van der Waals surface area contributed by atoms with Crippen molar-refractivity contribution in [1.29, 1.82) is 0 Å². The fourth-order valence-corrected chi connectivity index (χ4v) is 13.4. The van der Waals surface area contributed by atoms with E-state index in [-0.39, 0.29) is 0 Å². The van der Waals surface area contributed by atoms with E-state index in [1.807, 2.05) is 0 Å². The molecule has 2 heterocycles. The molecule has 0 N–H and O–H groups in total. The zero-order chi connectivity index (χ0) is 55.7. The van der Waals surface area contributed by atoms with Gasteiger partial charge in [0, 0.05) is 44.8 Å². The Bertz CT molecular complexity index is 5090. The third kappa shape index (κ3) is 8.33. The second-order valence-electron chi connectivity index (χ2n) is 22.2. The van der Waals surface area contributed by atoms with E-state index >= 15 is 0 Å². The van der Waals surface area contributed by atoms with Gasteiger partial charge < -0.3 is 9.13 Å². The number of nitrogens with zero attached hydrogens (tertiary/aromatic N) is 2. The molecular formula is C82H56N2. The summed E-state index contributed by atoms with van der Waals surface area (Å²) < 4.78 is 4.83.